The summed E-state index contributed by atoms with van der Waals surface area (Å²) >= 11 is 0. The van der Waals surface area contributed by atoms with E-state index >= 15 is 0 Å². The van der Waals surface area contributed by atoms with E-state index in [0.29, 0.717) is 5.88 Å². The topological polar surface area (TPSA) is 52.3 Å². The van der Waals surface area contributed by atoms with Gasteiger partial charge in [-0.15, -0.1) is 0 Å². The maximum absolute atomic E-state index is 5.43. The highest BCUT2D eigenvalue weighted by molar-refractivity contribution is 5.75. The second-order valence-corrected chi connectivity index (χ2v) is 5.93. The van der Waals surface area contributed by atoms with Crippen LogP contribution in [0.1, 0.15) is 11.3 Å². The van der Waals surface area contributed by atoms with Gasteiger partial charge in [-0.1, -0.05) is 6.07 Å². The number of pyridine rings is 3. The number of imidazole rings is 1. The predicted molar refractivity (Wildman–Crippen MR) is 97.7 cm³/mol. The lowest BCUT2D eigenvalue weighted by molar-refractivity contribution is 0.399. The fraction of sp³-hybridized carbons (Fsp3) is 0.150. The van der Waals surface area contributed by atoms with Gasteiger partial charge in [0.25, 0.3) is 0 Å². The van der Waals surface area contributed by atoms with E-state index in [9.17, 15) is 0 Å². The number of ether oxygens (including phenoxy) is 1. The van der Waals surface area contributed by atoms with Crippen LogP contribution >= 0.6 is 0 Å². The standard InChI is InChI=1S/C20H18N4O/c1-13-10-18-23-12-17(16-7-5-9-22-20(16)25-3)24(18)14(2)19(13)15-6-4-8-21-11-15/h4-12H,1-3H3. The zero-order valence-electron chi connectivity index (χ0n) is 14.4. The third-order valence-corrected chi connectivity index (χ3v) is 4.42. The normalized spacial score (nSPS) is 11.0. The van der Waals surface area contributed by atoms with Gasteiger partial charge in [-0.25, -0.2) is 9.97 Å². The Morgan fingerprint density at radius 2 is 1.84 bits per heavy atom. The number of aryl methyl sites for hydroxylation is 2. The minimum Gasteiger partial charge on any atom is -0.481 e. The lowest BCUT2D eigenvalue weighted by Gasteiger charge is -2.15. The third-order valence-electron chi connectivity index (χ3n) is 4.42. The zero-order chi connectivity index (χ0) is 17.4. The van der Waals surface area contributed by atoms with Crippen molar-refractivity contribution in [3.63, 3.8) is 0 Å². The fourth-order valence-corrected chi connectivity index (χ4v) is 3.37. The summed E-state index contributed by atoms with van der Waals surface area (Å²) in [6.07, 6.45) is 7.27. The van der Waals surface area contributed by atoms with Gasteiger partial charge in [0.2, 0.25) is 5.88 Å². The van der Waals surface area contributed by atoms with Crippen LogP contribution in [0.4, 0.5) is 0 Å². The van der Waals surface area contributed by atoms with E-state index in [-0.39, 0.29) is 0 Å². The molecule has 0 aliphatic carbocycles. The first kappa shape index (κ1) is 15.3. The number of hydrogen-bond acceptors (Lipinski definition) is 4. The van der Waals surface area contributed by atoms with Crippen molar-refractivity contribution in [1.82, 2.24) is 19.4 Å². The summed E-state index contributed by atoms with van der Waals surface area (Å²) in [5.74, 6) is 0.590. The molecular weight excluding hydrogens is 312 g/mol. The molecule has 0 atom stereocenters. The molecule has 4 aromatic rings. The van der Waals surface area contributed by atoms with Crippen LogP contribution in [0.3, 0.4) is 0 Å². The molecule has 0 fully saturated rings. The molecule has 4 aromatic heterocycles. The van der Waals surface area contributed by atoms with Crippen molar-refractivity contribution in [2.45, 2.75) is 13.8 Å². The van der Waals surface area contributed by atoms with Crippen LogP contribution in [0.2, 0.25) is 0 Å². The Morgan fingerprint density at radius 3 is 2.60 bits per heavy atom. The molecule has 0 aliphatic rings. The van der Waals surface area contributed by atoms with Gasteiger partial charge in [0.05, 0.1) is 24.6 Å². The molecule has 0 aliphatic heterocycles. The summed E-state index contributed by atoms with van der Waals surface area (Å²) in [7, 11) is 1.63. The number of nitrogens with zero attached hydrogens (tertiary/aromatic N) is 4. The summed E-state index contributed by atoms with van der Waals surface area (Å²) in [4.78, 5) is 13.2. The van der Waals surface area contributed by atoms with Crippen molar-refractivity contribution in [1.29, 1.82) is 0 Å². The van der Waals surface area contributed by atoms with E-state index in [1.54, 1.807) is 19.5 Å². The third kappa shape index (κ3) is 2.45. The summed E-state index contributed by atoms with van der Waals surface area (Å²) in [6, 6.07) is 10.0. The first-order valence-corrected chi connectivity index (χ1v) is 8.08. The molecule has 0 unspecified atom stereocenters. The van der Waals surface area contributed by atoms with E-state index in [1.807, 2.05) is 30.6 Å². The van der Waals surface area contributed by atoms with Crippen molar-refractivity contribution in [2.75, 3.05) is 7.11 Å². The van der Waals surface area contributed by atoms with Gasteiger partial charge in [-0.2, -0.15) is 0 Å². The Labute approximate surface area is 146 Å². The van der Waals surface area contributed by atoms with Gasteiger partial charge in [0, 0.05) is 35.4 Å². The monoisotopic (exact) mass is 330 g/mol. The molecule has 0 saturated carbocycles. The lowest BCUT2D eigenvalue weighted by atomic mass is 10.0. The minimum atomic E-state index is 0.590. The van der Waals surface area contributed by atoms with E-state index < -0.39 is 0 Å². The van der Waals surface area contributed by atoms with E-state index in [0.717, 1.165) is 28.2 Å². The molecule has 0 saturated heterocycles. The van der Waals surface area contributed by atoms with Crippen LogP contribution in [0.15, 0.2) is 55.1 Å². The highest BCUT2D eigenvalue weighted by Gasteiger charge is 2.17. The Kier molecular flexibility index (Phi) is 3.69. The second kappa shape index (κ2) is 6.02. The number of rotatable bonds is 3. The smallest absolute Gasteiger partial charge is 0.222 e. The molecule has 0 radical (unpaired) electrons. The van der Waals surface area contributed by atoms with E-state index in [1.165, 1.54) is 11.1 Å². The quantitative estimate of drug-likeness (QED) is 0.568. The molecule has 5 nitrogen and oxygen atoms in total. The summed E-state index contributed by atoms with van der Waals surface area (Å²) in [5, 5.41) is 0. The minimum absolute atomic E-state index is 0.590. The first-order valence-electron chi connectivity index (χ1n) is 8.08. The maximum atomic E-state index is 5.43. The average Bonchev–Trinajstić information content (AvgIpc) is 3.06. The summed E-state index contributed by atoms with van der Waals surface area (Å²) < 4.78 is 7.58. The molecule has 4 rings (SSSR count). The van der Waals surface area contributed by atoms with Crippen LogP contribution < -0.4 is 4.74 Å². The van der Waals surface area contributed by atoms with Crippen molar-refractivity contribution in [2.24, 2.45) is 0 Å². The van der Waals surface area contributed by atoms with Crippen LogP contribution in [0.25, 0.3) is 28.0 Å². The Morgan fingerprint density at radius 1 is 1.00 bits per heavy atom. The Balaban J connectivity index is 2.03. The van der Waals surface area contributed by atoms with Gasteiger partial charge in [-0.3, -0.25) is 9.38 Å². The van der Waals surface area contributed by atoms with Gasteiger partial charge >= 0.3 is 0 Å². The van der Waals surface area contributed by atoms with Gasteiger partial charge < -0.3 is 4.74 Å². The largest absolute Gasteiger partial charge is 0.481 e. The summed E-state index contributed by atoms with van der Waals surface area (Å²) in [5.41, 5.74) is 7.34. The predicted octanol–water partition coefficient (Wildman–Crippen LogP) is 4.08. The molecule has 0 bridgehead atoms. The van der Waals surface area contributed by atoms with Gasteiger partial charge in [0.15, 0.2) is 0 Å². The fourth-order valence-electron chi connectivity index (χ4n) is 3.37. The number of methoxy groups -OCH3 is 1. The lowest BCUT2D eigenvalue weighted by Crippen LogP contribution is -2.01. The molecule has 124 valence electrons. The first-order chi connectivity index (χ1) is 12.2. The SMILES string of the molecule is COc1ncccc1-c1cnc2cc(C)c(-c3cccnc3)c(C)n12. The molecule has 0 amide bonds. The molecule has 0 aromatic carbocycles. The maximum Gasteiger partial charge on any atom is 0.222 e. The van der Waals surface area contributed by atoms with Crippen molar-refractivity contribution >= 4 is 5.65 Å². The molecule has 0 spiro atoms. The van der Waals surface area contributed by atoms with Crippen LogP contribution in [0, 0.1) is 13.8 Å². The van der Waals surface area contributed by atoms with Crippen molar-refractivity contribution in [3.05, 3.63) is 66.4 Å². The summed E-state index contributed by atoms with van der Waals surface area (Å²) in [6.45, 7) is 4.21. The number of aromatic nitrogens is 4. The molecule has 25 heavy (non-hydrogen) atoms. The van der Waals surface area contributed by atoms with E-state index in [2.05, 4.69) is 45.3 Å². The Bertz CT molecular complexity index is 1050. The number of fused-ring (bicyclic) bond motifs is 1. The van der Waals surface area contributed by atoms with Gasteiger partial charge in [0.1, 0.15) is 5.65 Å². The highest BCUT2D eigenvalue weighted by Crippen LogP contribution is 2.33. The molecule has 0 N–H and O–H groups in total. The Hall–Kier alpha value is -3.21. The van der Waals surface area contributed by atoms with Crippen molar-refractivity contribution < 1.29 is 4.74 Å². The van der Waals surface area contributed by atoms with Crippen molar-refractivity contribution in [3.8, 4) is 28.3 Å². The van der Waals surface area contributed by atoms with E-state index in [4.69, 9.17) is 4.74 Å². The molecular formula is C20H18N4O. The molecule has 5 heteroatoms. The zero-order valence-corrected chi connectivity index (χ0v) is 14.4. The van der Waals surface area contributed by atoms with Crippen LogP contribution in [0.5, 0.6) is 5.88 Å². The molecule has 4 heterocycles. The van der Waals surface area contributed by atoms with Crippen LogP contribution in [-0.2, 0) is 0 Å². The average molecular weight is 330 g/mol. The number of hydrogen-bond donors (Lipinski definition) is 0. The second-order valence-electron chi connectivity index (χ2n) is 5.93. The van der Waals surface area contributed by atoms with Crippen LogP contribution in [-0.4, -0.2) is 26.5 Å². The highest BCUT2D eigenvalue weighted by atomic mass is 16.5. The van der Waals surface area contributed by atoms with Gasteiger partial charge in [-0.05, 0) is 43.7 Å².